The molecule has 4 aromatic carbocycles. The van der Waals surface area contributed by atoms with Gasteiger partial charge in [0.2, 0.25) is 0 Å². The van der Waals surface area contributed by atoms with Crippen molar-refractivity contribution >= 4 is 10.8 Å². The number of halogens is 1. The van der Waals surface area contributed by atoms with Gasteiger partial charge in [-0.3, -0.25) is 4.90 Å². The molecule has 6 rings (SSSR count). The first-order valence-corrected chi connectivity index (χ1v) is 12.7. The van der Waals surface area contributed by atoms with Crippen molar-refractivity contribution in [1.29, 1.82) is 0 Å². The minimum Gasteiger partial charge on any atom is -0.508 e. The van der Waals surface area contributed by atoms with Crippen LogP contribution in [0, 0.1) is 5.82 Å². The van der Waals surface area contributed by atoms with E-state index >= 15 is 0 Å². The molecule has 0 bridgehead atoms. The van der Waals surface area contributed by atoms with E-state index in [1.165, 1.54) is 43.5 Å². The van der Waals surface area contributed by atoms with E-state index in [4.69, 9.17) is 4.74 Å². The number of piperidine rings is 1. The van der Waals surface area contributed by atoms with Crippen LogP contribution >= 0.6 is 0 Å². The maximum Gasteiger partial charge on any atom is 0.123 e. The van der Waals surface area contributed by atoms with Crippen molar-refractivity contribution in [3.8, 4) is 22.6 Å². The molecule has 1 heterocycles. The van der Waals surface area contributed by atoms with Crippen LogP contribution in [0.2, 0.25) is 0 Å². The van der Waals surface area contributed by atoms with E-state index in [-0.39, 0.29) is 17.5 Å². The Bertz CT molecular complexity index is 1360. The number of nitrogens with zero attached hydrogens (tertiary/aromatic N) is 1. The molecule has 1 fully saturated rings. The molecule has 178 valence electrons. The van der Waals surface area contributed by atoms with E-state index in [9.17, 15) is 9.50 Å². The van der Waals surface area contributed by atoms with Gasteiger partial charge in [0, 0.05) is 12.5 Å². The number of hydrogen-bond acceptors (Lipinski definition) is 3. The maximum atomic E-state index is 14.2. The average molecular weight is 468 g/mol. The number of aromatic hydroxyl groups is 1. The van der Waals surface area contributed by atoms with Crippen molar-refractivity contribution in [3.05, 3.63) is 95.3 Å². The lowest BCUT2D eigenvalue weighted by molar-refractivity contribution is 0.183. The third-order valence-corrected chi connectivity index (χ3v) is 7.58. The SMILES string of the molecule is Oc1ccc2c3c(ccc2c1)-c1ccc(F)cc1CC3c1ccc(OCCN2CCCCC2)cc1. The highest BCUT2D eigenvalue weighted by Crippen LogP contribution is 2.46. The fourth-order valence-electron chi connectivity index (χ4n) is 5.82. The third kappa shape index (κ3) is 4.39. The van der Waals surface area contributed by atoms with Gasteiger partial charge >= 0.3 is 0 Å². The van der Waals surface area contributed by atoms with Gasteiger partial charge in [0.25, 0.3) is 0 Å². The summed E-state index contributed by atoms with van der Waals surface area (Å²) in [6, 6.07) is 23.2. The minimum absolute atomic E-state index is 0.0925. The molecule has 1 atom stereocenters. The lowest BCUT2D eigenvalue weighted by Crippen LogP contribution is -2.33. The van der Waals surface area contributed by atoms with Crippen LogP contribution in [0.4, 0.5) is 4.39 Å². The van der Waals surface area contributed by atoms with E-state index in [0.717, 1.165) is 46.2 Å². The van der Waals surface area contributed by atoms with Gasteiger partial charge in [-0.25, -0.2) is 4.39 Å². The largest absolute Gasteiger partial charge is 0.508 e. The zero-order valence-corrected chi connectivity index (χ0v) is 19.8. The Morgan fingerprint density at radius 2 is 1.66 bits per heavy atom. The first-order valence-electron chi connectivity index (χ1n) is 12.7. The normalized spacial score (nSPS) is 17.7. The minimum atomic E-state index is -0.200. The Hall–Kier alpha value is -3.37. The molecule has 1 aliphatic heterocycles. The highest BCUT2D eigenvalue weighted by molar-refractivity contribution is 5.95. The number of phenolic OH excluding ortho intramolecular Hbond substituents is 1. The Balaban J connectivity index is 1.31. The van der Waals surface area contributed by atoms with E-state index in [2.05, 4.69) is 35.2 Å². The highest BCUT2D eigenvalue weighted by Gasteiger charge is 2.28. The number of likely N-dealkylation sites (tertiary alicyclic amines) is 1. The molecule has 0 spiro atoms. The molecule has 35 heavy (non-hydrogen) atoms. The lowest BCUT2D eigenvalue weighted by Gasteiger charge is -2.30. The van der Waals surface area contributed by atoms with Crippen LogP contribution < -0.4 is 4.74 Å². The zero-order valence-electron chi connectivity index (χ0n) is 19.8. The summed E-state index contributed by atoms with van der Waals surface area (Å²) in [7, 11) is 0. The highest BCUT2D eigenvalue weighted by atomic mass is 19.1. The number of rotatable bonds is 5. The van der Waals surface area contributed by atoms with Crippen molar-refractivity contribution in [2.24, 2.45) is 0 Å². The van der Waals surface area contributed by atoms with Gasteiger partial charge in [-0.1, -0.05) is 42.8 Å². The van der Waals surface area contributed by atoms with Crippen LogP contribution in [0.1, 0.15) is 41.9 Å². The Kier molecular flexibility index (Phi) is 5.91. The first-order chi connectivity index (χ1) is 17.2. The van der Waals surface area contributed by atoms with Crippen LogP contribution in [0.3, 0.4) is 0 Å². The summed E-state index contributed by atoms with van der Waals surface area (Å²) in [5, 5.41) is 12.2. The summed E-state index contributed by atoms with van der Waals surface area (Å²) in [6.07, 6.45) is 4.66. The molecule has 0 amide bonds. The van der Waals surface area contributed by atoms with Crippen LogP contribution in [-0.2, 0) is 6.42 Å². The Morgan fingerprint density at radius 1 is 0.857 bits per heavy atom. The number of phenols is 1. The van der Waals surface area contributed by atoms with Crippen molar-refractivity contribution in [1.82, 2.24) is 4.90 Å². The van der Waals surface area contributed by atoms with Crippen LogP contribution in [0.25, 0.3) is 21.9 Å². The third-order valence-electron chi connectivity index (χ3n) is 7.58. The molecule has 1 unspecified atom stereocenters. The zero-order chi connectivity index (χ0) is 23.8. The van der Waals surface area contributed by atoms with Crippen LogP contribution in [-0.4, -0.2) is 36.2 Å². The molecule has 0 radical (unpaired) electrons. The standard InChI is InChI=1S/C31H30FNO2/c32-24-7-12-27-23(18-24)20-30(31-28-13-8-25(34)19-22(28)6-11-29(27)31)21-4-9-26(10-5-21)35-17-16-33-14-2-1-3-15-33/h4-13,18-19,30,34H,1-3,14-17,20H2. The number of hydrogen-bond donors (Lipinski definition) is 1. The number of benzene rings is 4. The van der Waals surface area contributed by atoms with Crippen molar-refractivity contribution < 1.29 is 14.2 Å². The molecule has 4 heteroatoms. The quantitative estimate of drug-likeness (QED) is 0.346. The Morgan fingerprint density at radius 3 is 2.49 bits per heavy atom. The monoisotopic (exact) mass is 467 g/mol. The molecule has 3 nitrogen and oxygen atoms in total. The van der Waals surface area contributed by atoms with E-state index in [1.54, 1.807) is 18.2 Å². The van der Waals surface area contributed by atoms with Gasteiger partial charge in [0.15, 0.2) is 0 Å². The van der Waals surface area contributed by atoms with Gasteiger partial charge in [0.1, 0.15) is 23.9 Å². The van der Waals surface area contributed by atoms with Crippen molar-refractivity contribution in [3.63, 3.8) is 0 Å². The molecule has 1 N–H and O–H groups in total. The van der Waals surface area contributed by atoms with Crippen LogP contribution in [0.5, 0.6) is 11.5 Å². The van der Waals surface area contributed by atoms with Crippen molar-refractivity contribution in [2.75, 3.05) is 26.2 Å². The summed E-state index contributed by atoms with van der Waals surface area (Å²) in [5.41, 5.74) is 5.68. The second-order valence-corrected chi connectivity index (χ2v) is 9.81. The summed E-state index contributed by atoms with van der Waals surface area (Å²) >= 11 is 0. The molecular weight excluding hydrogens is 437 g/mol. The topological polar surface area (TPSA) is 32.7 Å². The van der Waals surface area contributed by atoms with Gasteiger partial charge in [-0.15, -0.1) is 0 Å². The second-order valence-electron chi connectivity index (χ2n) is 9.81. The van der Waals surface area contributed by atoms with Crippen molar-refractivity contribution in [2.45, 2.75) is 31.6 Å². The Labute approximate surface area is 205 Å². The second kappa shape index (κ2) is 9.35. The number of ether oxygens (including phenoxy) is 1. The molecule has 0 saturated carbocycles. The van der Waals surface area contributed by atoms with Gasteiger partial charge in [-0.05, 0) is 107 Å². The maximum absolute atomic E-state index is 14.2. The predicted octanol–water partition coefficient (Wildman–Crippen LogP) is 6.90. The first kappa shape index (κ1) is 22.1. The molecule has 2 aliphatic rings. The van der Waals surface area contributed by atoms with Crippen LogP contribution in [0.15, 0.2) is 72.8 Å². The molecule has 1 saturated heterocycles. The lowest BCUT2D eigenvalue weighted by atomic mass is 9.74. The molecule has 0 aromatic heterocycles. The molecule has 4 aromatic rings. The molecule has 1 aliphatic carbocycles. The summed E-state index contributed by atoms with van der Waals surface area (Å²) in [5.74, 6) is 1.04. The fraction of sp³-hybridized carbons (Fsp3) is 0.290. The van der Waals surface area contributed by atoms with Gasteiger partial charge < -0.3 is 9.84 Å². The van der Waals surface area contributed by atoms with Gasteiger partial charge in [0.05, 0.1) is 0 Å². The summed E-state index contributed by atoms with van der Waals surface area (Å²) in [4.78, 5) is 2.48. The fourth-order valence-corrected chi connectivity index (χ4v) is 5.82. The molecular formula is C31H30FNO2. The summed E-state index contributed by atoms with van der Waals surface area (Å²) < 4.78 is 20.2. The predicted molar refractivity (Wildman–Crippen MR) is 139 cm³/mol. The van der Waals surface area contributed by atoms with E-state index in [0.29, 0.717) is 6.61 Å². The summed E-state index contributed by atoms with van der Waals surface area (Å²) in [6.45, 7) is 4.03. The smallest absolute Gasteiger partial charge is 0.123 e. The van der Waals surface area contributed by atoms with E-state index < -0.39 is 0 Å². The average Bonchev–Trinajstić information content (AvgIpc) is 2.88. The number of fused-ring (bicyclic) bond motifs is 5. The van der Waals surface area contributed by atoms with E-state index in [1.807, 2.05) is 24.3 Å². The van der Waals surface area contributed by atoms with Gasteiger partial charge in [-0.2, -0.15) is 0 Å².